The molecule has 0 radical (unpaired) electrons. The van der Waals surface area contributed by atoms with Crippen molar-refractivity contribution in [1.29, 1.82) is 0 Å². The van der Waals surface area contributed by atoms with E-state index in [0.717, 1.165) is 16.8 Å². The van der Waals surface area contributed by atoms with Gasteiger partial charge in [0.2, 0.25) is 0 Å². The van der Waals surface area contributed by atoms with Crippen molar-refractivity contribution < 1.29 is 17.9 Å². The molecule has 0 aliphatic rings. The first-order chi connectivity index (χ1) is 13.3. The highest BCUT2D eigenvalue weighted by atomic mass is 32.2. The molecule has 0 aliphatic carbocycles. The average Bonchev–Trinajstić information content (AvgIpc) is 2.68. The Kier molecular flexibility index (Phi) is 5.80. The first-order valence-corrected chi connectivity index (χ1v) is 10.6. The Labute approximate surface area is 164 Å². The molecule has 1 N–H and O–H groups in total. The third-order valence-corrected chi connectivity index (χ3v) is 5.29. The highest BCUT2D eigenvalue weighted by molar-refractivity contribution is 7.90. The number of carbonyl (C=O) groups is 1. The lowest BCUT2D eigenvalue weighted by atomic mass is 10.2. The van der Waals surface area contributed by atoms with Crippen LogP contribution in [0.3, 0.4) is 0 Å². The fraction of sp³-hybridized carbons (Fsp3) is 0.136. The second kappa shape index (κ2) is 8.27. The smallest absolute Gasteiger partial charge is 0.255 e. The van der Waals surface area contributed by atoms with Crippen LogP contribution < -0.4 is 10.1 Å². The lowest BCUT2D eigenvalue weighted by Gasteiger charge is -2.09. The van der Waals surface area contributed by atoms with E-state index >= 15 is 0 Å². The van der Waals surface area contributed by atoms with Gasteiger partial charge >= 0.3 is 0 Å². The predicted octanol–water partition coefficient (Wildman–Crippen LogP) is 4.23. The van der Waals surface area contributed by atoms with Crippen molar-refractivity contribution in [3.8, 4) is 5.75 Å². The molecule has 0 spiro atoms. The zero-order chi connectivity index (χ0) is 20.1. The number of nitrogens with one attached hydrogen (secondary N) is 1. The van der Waals surface area contributed by atoms with Crippen LogP contribution in [0.15, 0.2) is 77.7 Å². The molecule has 3 rings (SSSR count). The van der Waals surface area contributed by atoms with E-state index in [1.807, 2.05) is 31.2 Å². The largest absolute Gasteiger partial charge is 0.489 e. The van der Waals surface area contributed by atoms with E-state index in [-0.39, 0.29) is 17.4 Å². The molecule has 0 aliphatic heterocycles. The van der Waals surface area contributed by atoms with Crippen LogP contribution in [0, 0.1) is 6.92 Å². The number of ether oxygens (including phenoxy) is 1. The Bertz CT molecular complexity index is 1070. The predicted molar refractivity (Wildman–Crippen MR) is 109 cm³/mol. The van der Waals surface area contributed by atoms with Crippen LogP contribution in [0.2, 0.25) is 0 Å². The first-order valence-electron chi connectivity index (χ1n) is 8.71. The van der Waals surface area contributed by atoms with Crippen LogP contribution >= 0.6 is 0 Å². The minimum absolute atomic E-state index is 0.216. The van der Waals surface area contributed by atoms with Gasteiger partial charge in [0.15, 0.2) is 9.84 Å². The molecule has 0 fully saturated rings. The van der Waals surface area contributed by atoms with Crippen LogP contribution in [-0.4, -0.2) is 20.6 Å². The Balaban J connectivity index is 1.64. The van der Waals surface area contributed by atoms with E-state index < -0.39 is 9.84 Å². The second-order valence-corrected chi connectivity index (χ2v) is 8.57. The van der Waals surface area contributed by atoms with Crippen molar-refractivity contribution in [1.82, 2.24) is 0 Å². The van der Waals surface area contributed by atoms with Crippen molar-refractivity contribution in [2.75, 3.05) is 11.6 Å². The molecule has 0 unspecified atom stereocenters. The van der Waals surface area contributed by atoms with Crippen LogP contribution in [0.1, 0.15) is 21.5 Å². The fourth-order valence-electron chi connectivity index (χ4n) is 2.57. The average molecular weight is 395 g/mol. The molecule has 144 valence electrons. The van der Waals surface area contributed by atoms with E-state index in [2.05, 4.69) is 5.32 Å². The second-order valence-electron chi connectivity index (χ2n) is 6.55. The van der Waals surface area contributed by atoms with Crippen LogP contribution in [0.25, 0.3) is 0 Å². The summed E-state index contributed by atoms with van der Waals surface area (Å²) in [7, 11) is -3.22. The maximum Gasteiger partial charge on any atom is 0.255 e. The van der Waals surface area contributed by atoms with Gasteiger partial charge in [-0.2, -0.15) is 0 Å². The highest BCUT2D eigenvalue weighted by Gasteiger charge is 2.09. The van der Waals surface area contributed by atoms with Crippen LogP contribution in [0.5, 0.6) is 5.75 Å². The van der Waals surface area contributed by atoms with E-state index in [1.165, 1.54) is 6.26 Å². The minimum Gasteiger partial charge on any atom is -0.489 e. The van der Waals surface area contributed by atoms with E-state index in [9.17, 15) is 13.2 Å². The number of carbonyl (C=O) groups excluding carboxylic acids is 1. The number of anilines is 1. The number of hydrogen-bond donors (Lipinski definition) is 1. The van der Waals surface area contributed by atoms with Gasteiger partial charge in [-0.05, 0) is 55.0 Å². The summed E-state index contributed by atoms with van der Waals surface area (Å²) >= 11 is 0. The lowest BCUT2D eigenvalue weighted by Crippen LogP contribution is -2.12. The van der Waals surface area contributed by atoms with Gasteiger partial charge < -0.3 is 10.1 Å². The molecule has 3 aromatic rings. The summed E-state index contributed by atoms with van der Waals surface area (Å²) in [5, 5.41) is 2.86. The van der Waals surface area contributed by atoms with Crippen molar-refractivity contribution in [3.63, 3.8) is 0 Å². The van der Waals surface area contributed by atoms with E-state index in [4.69, 9.17) is 4.74 Å². The Morgan fingerprint density at radius 1 is 0.964 bits per heavy atom. The molecule has 1 amide bonds. The molecular weight excluding hydrogens is 374 g/mol. The molecule has 0 saturated heterocycles. The maximum atomic E-state index is 12.4. The summed E-state index contributed by atoms with van der Waals surface area (Å²) in [6.07, 6.45) is 1.17. The van der Waals surface area contributed by atoms with Gasteiger partial charge in [0.25, 0.3) is 5.91 Å². The number of benzene rings is 3. The summed E-state index contributed by atoms with van der Waals surface area (Å²) in [5.74, 6) is 0.343. The molecule has 3 aromatic carbocycles. The van der Waals surface area contributed by atoms with Gasteiger partial charge in [-0.15, -0.1) is 0 Å². The SMILES string of the molecule is Cc1ccc(NC(=O)c2cccc(OCc3ccc(S(C)(=O)=O)cc3)c2)cc1. The quantitative estimate of drug-likeness (QED) is 0.678. The molecule has 6 heteroatoms. The Morgan fingerprint density at radius 2 is 1.64 bits per heavy atom. The number of sulfone groups is 1. The van der Waals surface area contributed by atoms with Gasteiger partial charge in [-0.25, -0.2) is 8.42 Å². The third kappa shape index (κ3) is 5.20. The van der Waals surface area contributed by atoms with Crippen LogP contribution in [0.4, 0.5) is 5.69 Å². The Hall–Kier alpha value is -3.12. The molecule has 0 atom stereocenters. The summed E-state index contributed by atoms with van der Waals surface area (Å²) in [6, 6.07) is 21.0. The van der Waals surface area contributed by atoms with Crippen molar-refractivity contribution >= 4 is 21.4 Å². The monoisotopic (exact) mass is 395 g/mol. The highest BCUT2D eigenvalue weighted by Crippen LogP contribution is 2.18. The fourth-order valence-corrected chi connectivity index (χ4v) is 3.20. The van der Waals surface area contributed by atoms with E-state index in [0.29, 0.717) is 11.3 Å². The summed E-state index contributed by atoms with van der Waals surface area (Å²) < 4.78 is 28.8. The summed E-state index contributed by atoms with van der Waals surface area (Å²) in [5.41, 5.74) is 3.18. The van der Waals surface area contributed by atoms with Crippen LogP contribution in [-0.2, 0) is 16.4 Å². The topological polar surface area (TPSA) is 72.5 Å². The molecule has 0 bridgehead atoms. The first kappa shape index (κ1) is 19.6. The molecule has 28 heavy (non-hydrogen) atoms. The van der Waals surface area contributed by atoms with Gasteiger partial charge in [0.1, 0.15) is 12.4 Å². The van der Waals surface area contributed by atoms with Gasteiger partial charge in [-0.1, -0.05) is 35.9 Å². The van der Waals surface area contributed by atoms with Crippen molar-refractivity contribution in [2.24, 2.45) is 0 Å². The normalized spacial score (nSPS) is 11.1. The molecule has 0 aromatic heterocycles. The number of hydrogen-bond acceptors (Lipinski definition) is 4. The van der Waals surface area contributed by atoms with Crippen molar-refractivity contribution in [3.05, 3.63) is 89.5 Å². The Morgan fingerprint density at radius 3 is 2.29 bits per heavy atom. The maximum absolute atomic E-state index is 12.4. The zero-order valence-electron chi connectivity index (χ0n) is 15.7. The standard InChI is InChI=1S/C22H21NO4S/c1-16-6-10-19(11-7-16)23-22(24)18-4-3-5-20(14-18)27-15-17-8-12-21(13-9-17)28(2,25)26/h3-14H,15H2,1-2H3,(H,23,24). The lowest BCUT2D eigenvalue weighted by molar-refractivity contribution is 0.102. The number of amides is 1. The van der Waals surface area contributed by atoms with Gasteiger partial charge in [0.05, 0.1) is 4.90 Å². The minimum atomic E-state index is -3.22. The third-order valence-electron chi connectivity index (χ3n) is 4.16. The number of aryl methyl sites for hydroxylation is 1. The molecule has 0 heterocycles. The van der Waals surface area contributed by atoms with Gasteiger partial charge in [0, 0.05) is 17.5 Å². The number of rotatable bonds is 6. The summed E-state index contributed by atoms with van der Waals surface area (Å²) in [6.45, 7) is 2.26. The molecule has 0 saturated carbocycles. The molecule has 5 nitrogen and oxygen atoms in total. The van der Waals surface area contributed by atoms with Crippen molar-refractivity contribution in [2.45, 2.75) is 18.4 Å². The van der Waals surface area contributed by atoms with Gasteiger partial charge in [-0.3, -0.25) is 4.79 Å². The zero-order valence-corrected chi connectivity index (χ0v) is 16.5. The summed E-state index contributed by atoms with van der Waals surface area (Å²) in [4.78, 5) is 12.7. The molecular formula is C22H21NO4S. The van der Waals surface area contributed by atoms with E-state index in [1.54, 1.807) is 48.5 Å².